The van der Waals surface area contributed by atoms with Gasteiger partial charge in [-0.15, -0.1) is 5.10 Å². The molecule has 1 aromatic carbocycles. The maximum Gasteiger partial charge on any atom is 0.238 e. The molecule has 0 atom stereocenters. The number of hydrogen-bond donors (Lipinski definition) is 1. The molecule has 0 fully saturated rings. The maximum atomic E-state index is 5.59. The first-order chi connectivity index (χ1) is 8.28. The van der Waals surface area contributed by atoms with Crippen LogP contribution in [0.5, 0.6) is 11.6 Å². The van der Waals surface area contributed by atoms with E-state index in [1.807, 2.05) is 43.4 Å². The van der Waals surface area contributed by atoms with Crippen LogP contribution in [0.4, 0.5) is 0 Å². The topological polar surface area (TPSA) is 47.0 Å². The quantitative estimate of drug-likeness (QED) is 0.869. The fraction of sp³-hybridized carbons (Fsp3) is 0.167. The SMILES string of the molecule is CNCc1ccc(Oc2cccc(I)c2)nn1. The molecular weight excluding hydrogens is 329 g/mol. The second-order valence-corrected chi connectivity index (χ2v) is 4.70. The van der Waals surface area contributed by atoms with Gasteiger partial charge in [-0.05, 0) is 53.9 Å². The van der Waals surface area contributed by atoms with Crippen LogP contribution in [0.2, 0.25) is 0 Å². The fourth-order valence-corrected chi connectivity index (χ4v) is 1.84. The molecule has 0 amide bonds. The van der Waals surface area contributed by atoms with Crippen molar-refractivity contribution in [3.05, 3.63) is 45.7 Å². The molecule has 4 nitrogen and oxygen atoms in total. The molecule has 0 aliphatic carbocycles. The highest BCUT2D eigenvalue weighted by Gasteiger charge is 2.00. The van der Waals surface area contributed by atoms with E-state index in [0.717, 1.165) is 15.0 Å². The van der Waals surface area contributed by atoms with E-state index in [0.29, 0.717) is 12.4 Å². The Morgan fingerprint density at radius 3 is 2.76 bits per heavy atom. The zero-order chi connectivity index (χ0) is 12.1. The molecule has 0 saturated heterocycles. The number of hydrogen-bond acceptors (Lipinski definition) is 4. The van der Waals surface area contributed by atoms with E-state index < -0.39 is 0 Å². The van der Waals surface area contributed by atoms with Gasteiger partial charge in [0, 0.05) is 16.2 Å². The van der Waals surface area contributed by atoms with Gasteiger partial charge >= 0.3 is 0 Å². The van der Waals surface area contributed by atoms with Crippen molar-refractivity contribution in [2.75, 3.05) is 7.05 Å². The molecule has 0 aliphatic heterocycles. The summed E-state index contributed by atoms with van der Waals surface area (Å²) in [4.78, 5) is 0. The maximum absolute atomic E-state index is 5.59. The standard InChI is InChI=1S/C12H12IN3O/c1-14-8-10-5-6-12(16-15-10)17-11-4-2-3-9(13)7-11/h2-7,14H,8H2,1H3. The second-order valence-electron chi connectivity index (χ2n) is 3.45. The lowest BCUT2D eigenvalue weighted by Gasteiger charge is -2.04. The van der Waals surface area contributed by atoms with E-state index in [1.165, 1.54) is 0 Å². The van der Waals surface area contributed by atoms with E-state index in [2.05, 4.69) is 38.1 Å². The molecule has 5 heteroatoms. The predicted molar refractivity (Wildman–Crippen MR) is 74.0 cm³/mol. The molecule has 1 N–H and O–H groups in total. The van der Waals surface area contributed by atoms with Gasteiger partial charge in [0.1, 0.15) is 5.75 Å². The van der Waals surface area contributed by atoms with Crippen LogP contribution in [0.15, 0.2) is 36.4 Å². The number of nitrogens with zero attached hydrogens (tertiary/aromatic N) is 2. The number of rotatable bonds is 4. The number of benzene rings is 1. The van der Waals surface area contributed by atoms with Crippen LogP contribution < -0.4 is 10.1 Å². The van der Waals surface area contributed by atoms with Gasteiger partial charge in [0.05, 0.1) is 5.69 Å². The average molecular weight is 341 g/mol. The van der Waals surface area contributed by atoms with Crippen LogP contribution in [0.3, 0.4) is 0 Å². The normalized spacial score (nSPS) is 10.2. The number of aromatic nitrogens is 2. The van der Waals surface area contributed by atoms with Gasteiger partial charge < -0.3 is 10.1 Å². The highest BCUT2D eigenvalue weighted by Crippen LogP contribution is 2.20. The van der Waals surface area contributed by atoms with Gasteiger partial charge in [0.25, 0.3) is 0 Å². The summed E-state index contributed by atoms with van der Waals surface area (Å²) in [6.07, 6.45) is 0. The summed E-state index contributed by atoms with van der Waals surface area (Å²) in [7, 11) is 1.87. The van der Waals surface area contributed by atoms with Crippen molar-refractivity contribution in [3.8, 4) is 11.6 Å². The van der Waals surface area contributed by atoms with Crippen LogP contribution in [0, 0.1) is 3.57 Å². The van der Waals surface area contributed by atoms with Crippen molar-refractivity contribution in [3.63, 3.8) is 0 Å². The first-order valence-electron chi connectivity index (χ1n) is 5.18. The molecule has 88 valence electrons. The minimum absolute atomic E-state index is 0.506. The monoisotopic (exact) mass is 341 g/mol. The van der Waals surface area contributed by atoms with Crippen molar-refractivity contribution in [2.24, 2.45) is 0 Å². The minimum atomic E-state index is 0.506. The third-order valence-corrected chi connectivity index (χ3v) is 2.74. The van der Waals surface area contributed by atoms with Crippen LogP contribution >= 0.6 is 22.6 Å². The van der Waals surface area contributed by atoms with Crippen LogP contribution in [-0.2, 0) is 6.54 Å². The van der Waals surface area contributed by atoms with Crippen molar-refractivity contribution >= 4 is 22.6 Å². The van der Waals surface area contributed by atoms with Crippen LogP contribution in [0.1, 0.15) is 5.69 Å². The summed E-state index contributed by atoms with van der Waals surface area (Å²) in [5, 5.41) is 11.1. The van der Waals surface area contributed by atoms with Gasteiger partial charge in [-0.1, -0.05) is 6.07 Å². The Bertz CT molecular complexity index is 487. The van der Waals surface area contributed by atoms with Crippen molar-refractivity contribution < 1.29 is 4.74 Å². The van der Waals surface area contributed by atoms with Crippen molar-refractivity contribution in [1.82, 2.24) is 15.5 Å². The lowest BCUT2D eigenvalue weighted by molar-refractivity contribution is 0.453. The van der Waals surface area contributed by atoms with E-state index in [9.17, 15) is 0 Å². The third-order valence-electron chi connectivity index (χ3n) is 2.07. The van der Waals surface area contributed by atoms with Gasteiger partial charge in [-0.3, -0.25) is 0 Å². The zero-order valence-electron chi connectivity index (χ0n) is 9.35. The van der Waals surface area contributed by atoms with Crippen LogP contribution in [-0.4, -0.2) is 17.2 Å². The Labute approximate surface area is 114 Å². The fourth-order valence-electron chi connectivity index (χ4n) is 1.33. The molecule has 0 spiro atoms. The average Bonchev–Trinajstić information content (AvgIpc) is 2.32. The smallest absolute Gasteiger partial charge is 0.238 e. The first-order valence-corrected chi connectivity index (χ1v) is 6.26. The highest BCUT2D eigenvalue weighted by molar-refractivity contribution is 14.1. The van der Waals surface area contributed by atoms with Gasteiger partial charge in [0.2, 0.25) is 5.88 Å². The lowest BCUT2D eigenvalue weighted by atomic mass is 10.3. The molecule has 0 bridgehead atoms. The molecule has 17 heavy (non-hydrogen) atoms. The molecule has 1 heterocycles. The van der Waals surface area contributed by atoms with E-state index >= 15 is 0 Å². The van der Waals surface area contributed by atoms with Crippen molar-refractivity contribution in [2.45, 2.75) is 6.54 Å². The lowest BCUT2D eigenvalue weighted by Crippen LogP contribution is -2.07. The molecule has 0 saturated carbocycles. The summed E-state index contributed by atoms with van der Waals surface area (Å²) < 4.78 is 6.72. The van der Waals surface area contributed by atoms with E-state index in [4.69, 9.17) is 4.74 Å². The van der Waals surface area contributed by atoms with Gasteiger partial charge in [-0.2, -0.15) is 5.10 Å². The number of halogens is 1. The molecule has 0 aliphatic rings. The zero-order valence-corrected chi connectivity index (χ0v) is 11.5. The van der Waals surface area contributed by atoms with E-state index in [1.54, 1.807) is 0 Å². The second kappa shape index (κ2) is 5.92. The molecule has 0 unspecified atom stereocenters. The number of nitrogens with one attached hydrogen (secondary N) is 1. The van der Waals surface area contributed by atoms with Crippen LogP contribution in [0.25, 0.3) is 0 Å². The largest absolute Gasteiger partial charge is 0.437 e. The summed E-state index contributed by atoms with van der Waals surface area (Å²) in [6.45, 7) is 0.705. The van der Waals surface area contributed by atoms with E-state index in [-0.39, 0.29) is 0 Å². The van der Waals surface area contributed by atoms with Crippen molar-refractivity contribution in [1.29, 1.82) is 0 Å². The first kappa shape index (κ1) is 12.3. The highest BCUT2D eigenvalue weighted by atomic mass is 127. The third kappa shape index (κ3) is 3.64. The molecule has 2 rings (SSSR count). The number of ether oxygens (including phenoxy) is 1. The molecular formula is C12H12IN3O. The summed E-state index contributed by atoms with van der Waals surface area (Å²) in [5.74, 6) is 1.28. The Kier molecular flexibility index (Phi) is 4.27. The Balaban J connectivity index is 2.08. The summed E-state index contributed by atoms with van der Waals surface area (Å²) in [6, 6.07) is 11.5. The van der Waals surface area contributed by atoms with Gasteiger partial charge in [-0.25, -0.2) is 0 Å². The minimum Gasteiger partial charge on any atom is -0.437 e. The Morgan fingerprint density at radius 1 is 1.24 bits per heavy atom. The predicted octanol–water partition coefficient (Wildman–Crippen LogP) is 2.59. The summed E-state index contributed by atoms with van der Waals surface area (Å²) in [5.41, 5.74) is 0.891. The molecule has 1 aromatic heterocycles. The molecule has 0 radical (unpaired) electrons. The van der Waals surface area contributed by atoms with Gasteiger partial charge in [0.15, 0.2) is 0 Å². The summed E-state index contributed by atoms with van der Waals surface area (Å²) >= 11 is 2.24. The Hall–Kier alpha value is -1.21. The molecule has 2 aromatic rings. The Morgan fingerprint density at radius 2 is 2.12 bits per heavy atom.